The standard InChI is InChI=1S/C12H19BrN2O2/c1-3-5-15-11(10(13)8-14-15)12(16)4-6-17-9(2)7-12/h8-9,16H,3-7H2,1-2H3. The summed E-state index contributed by atoms with van der Waals surface area (Å²) in [5.74, 6) is 0. The summed E-state index contributed by atoms with van der Waals surface area (Å²) in [6, 6.07) is 0. The number of ether oxygens (including phenoxy) is 1. The monoisotopic (exact) mass is 302 g/mol. The van der Waals surface area contributed by atoms with E-state index in [-0.39, 0.29) is 6.10 Å². The van der Waals surface area contributed by atoms with E-state index in [0.29, 0.717) is 19.4 Å². The van der Waals surface area contributed by atoms with Crippen LogP contribution in [-0.2, 0) is 16.9 Å². The van der Waals surface area contributed by atoms with Gasteiger partial charge in [-0.1, -0.05) is 6.92 Å². The third kappa shape index (κ3) is 2.56. The van der Waals surface area contributed by atoms with Gasteiger partial charge in [0.1, 0.15) is 5.60 Å². The first-order valence-electron chi connectivity index (χ1n) is 6.12. The Kier molecular flexibility index (Phi) is 3.90. The lowest BCUT2D eigenvalue weighted by atomic mass is 9.87. The molecule has 1 aromatic rings. The molecule has 1 aromatic heterocycles. The van der Waals surface area contributed by atoms with Gasteiger partial charge in [0.2, 0.25) is 0 Å². The number of rotatable bonds is 3. The predicted molar refractivity (Wildman–Crippen MR) is 68.8 cm³/mol. The summed E-state index contributed by atoms with van der Waals surface area (Å²) in [6.45, 7) is 5.54. The van der Waals surface area contributed by atoms with Crippen LogP contribution in [0.25, 0.3) is 0 Å². The Balaban J connectivity index is 2.33. The minimum atomic E-state index is -0.817. The minimum absolute atomic E-state index is 0.0885. The first-order valence-corrected chi connectivity index (χ1v) is 6.92. The van der Waals surface area contributed by atoms with Crippen molar-refractivity contribution in [3.05, 3.63) is 16.4 Å². The number of hydrogen-bond acceptors (Lipinski definition) is 3. The molecule has 0 radical (unpaired) electrons. The fourth-order valence-corrected chi connectivity index (χ4v) is 3.15. The third-order valence-corrected chi connectivity index (χ3v) is 3.79. The van der Waals surface area contributed by atoms with E-state index in [9.17, 15) is 5.11 Å². The lowest BCUT2D eigenvalue weighted by Crippen LogP contribution is -2.39. The highest BCUT2D eigenvalue weighted by molar-refractivity contribution is 9.10. The second-order valence-corrected chi connectivity index (χ2v) is 5.59. The maximum atomic E-state index is 10.8. The Labute approximate surface area is 110 Å². The van der Waals surface area contributed by atoms with E-state index in [1.54, 1.807) is 6.20 Å². The molecule has 0 aliphatic carbocycles. The van der Waals surface area contributed by atoms with Gasteiger partial charge in [0.25, 0.3) is 0 Å². The highest BCUT2D eigenvalue weighted by atomic mass is 79.9. The van der Waals surface area contributed by atoms with Crippen LogP contribution in [0.5, 0.6) is 0 Å². The van der Waals surface area contributed by atoms with E-state index in [2.05, 4.69) is 28.0 Å². The lowest BCUT2D eigenvalue weighted by molar-refractivity contribution is -0.106. The molecule has 1 fully saturated rings. The van der Waals surface area contributed by atoms with Gasteiger partial charge in [0.05, 0.1) is 29.1 Å². The van der Waals surface area contributed by atoms with Crippen molar-refractivity contribution in [2.75, 3.05) is 6.61 Å². The zero-order valence-electron chi connectivity index (χ0n) is 10.3. The largest absolute Gasteiger partial charge is 0.383 e. The molecule has 0 bridgehead atoms. The SMILES string of the molecule is CCCn1ncc(Br)c1C1(O)CCOC(C)C1. The van der Waals surface area contributed by atoms with E-state index < -0.39 is 5.60 Å². The molecule has 2 heterocycles. The maximum Gasteiger partial charge on any atom is 0.112 e. The first kappa shape index (κ1) is 13.1. The summed E-state index contributed by atoms with van der Waals surface area (Å²) in [5, 5.41) is 15.1. The minimum Gasteiger partial charge on any atom is -0.383 e. The Morgan fingerprint density at radius 2 is 2.47 bits per heavy atom. The molecule has 0 saturated carbocycles. The average Bonchev–Trinajstić information content (AvgIpc) is 2.60. The van der Waals surface area contributed by atoms with Crippen LogP contribution in [0.3, 0.4) is 0 Å². The topological polar surface area (TPSA) is 47.3 Å². The average molecular weight is 303 g/mol. The summed E-state index contributed by atoms with van der Waals surface area (Å²) in [6.07, 6.45) is 4.12. The smallest absolute Gasteiger partial charge is 0.112 e. The second kappa shape index (κ2) is 5.08. The van der Waals surface area contributed by atoms with Gasteiger partial charge in [0, 0.05) is 19.4 Å². The highest BCUT2D eigenvalue weighted by Crippen LogP contribution is 2.38. The quantitative estimate of drug-likeness (QED) is 0.933. The first-order chi connectivity index (χ1) is 8.07. The highest BCUT2D eigenvalue weighted by Gasteiger charge is 2.39. The zero-order chi connectivity index (χ0) is 12.5. The number of aryl methyl sites for hydroxylation is 1. The van der Waals surface area contributed by atoms with Crippen LogP contribution in [0.1, 0.15) is 38.8 Å². The van der Waals surface area contributed by atoms with Gasteiger partial charge in [-0.3, -0.25) is 4.68 Å². The molecule has 96 valence electrons. The van der Waals surface area contributed by atoms with Gasteiger partial charge in [-0.15, -0.1) is 0 Å². The molecule has 0 aromatic carbocycles. The summed E-state index contributed by atoms with van der Waals surface area (Å²) < 4.78 is 8.30. The molecular weight excluding hydrogens is 284 g/mol. The lowest BCUT2D eigenvalue weighted by Gasteiger charge is -2.36. The van der Waals surface area contributed by atoms with Crippen LogP contribution in [-0.4, -0.2) is 27.6 Å². The second-order valence-electron chi connectivity index (χ2n) is 4.73. The van der Waals surface area contributed by atoms with Crippen molar-refractivity contribution in [3.63, 3.8) is 0 Å². The Hall–Kier alpha value is -0.390. The van der Waals surface area contributed by atoms with E-state index in [1.165, 1.54) is 0 Å². The molecule has 2 atom stereocenters. The fraction of sp³-hybridized carbons (Fsp3) is 0.750. The van der Waals surface area contributed by atoms with Crippen LogP contribution in [0.2, 0.25) is 0 Å². The summed E-state index contributed by atoms with van der Waals surface area (Å²) in [4.78, 5) is 0. The molecule has 2 unspecified atom stereocenters. The molecular formula is C12H19BrN2O2. The summed E-state index contributed by atoms with van der Waals surface area (Å²) in [7, 11) is 0. The van der Waals surface area contributed by atoms with Crippen molar-refractivity contribution in [2.24, 2.45) is 0 Å². The molecule has 1 aliphatic heterocycles. The van der Waals surface area contributed by atoms with Gasteiger partial charge >= 0.3 is 0 Å². The fourth-order valence-electron chi connectivity index (χ4n) is 2.49. The number of aromatic nitrogens is 2. The van der Waals surface area contributed by atoms with Gasteiger partial charge < -0.3 is 9.84 Å². The van der Waals surface area contributed by atoms with Crippen molar-refractivity contribution in [1.29, 1.82) is 0 Å². The van der Waals surface area contributed by atoms with Crippen molar-refractivity contribution in [2.45, 2.75) is 51.4 Å². The normalized spacial score (nSPS) is 29.5. The van der Waals surface area contributed by atoms with Crippen molar-refractivity contribution < 1.29 is 9.84 Å². The summed E-state index contributed by atoms with van der Waals surface area (Å²) >= 11 is 3.49. The zero-order valence-corrected chi connectivity index (χ0v) is 11.9. The van der Waals surface area contributed by atoms with Crippen LogP contribution >= 0.6 is 15.9 Å². The number of hydrogen-bond donors (Lipinski definition) is 1. The van der Waals surface area contributed by atoms with Crippen molar-refractivity contribution in [3.8, 4) is 0 Å². The predicted octanol–water partition coefficient (Wildman–Crippen LogP) is 2.44. The molecule has 0 amide bonds. The number of halogens is 1. The molecule has 5 heteroatoms. The van der Waals surface area contributed by atoms with Crippen molar-refractivity contribution in [1.82, 2.24) is 9.78 Å². The van der Waals surface area contributed by atoms with Crippen LogP contribution in [0.4, 0.5) is 0 Å². The van der Waals surface area contributed by atoms with Crippen LogP contribution in [0, 0.1) is 0 Å². The van der Waals surface area contributed by atoms with Gasteiger partial charge in [-0.25, -0.2) is 0 Å². The van der Waals surface area contributed by atoms with Crippen LogP contribution in [0.15, 0.2) is 10.7 Å². The Morgan fingerprint density at radius 3 is 3.12 bits per heavy atom. The Morgan fingerprint density at radius 1 is 1.71 bits per heavy atom. The van der Waals surface area contributed by atoms with E-state index in [1.807, 2.05) is 11.6 Å². The maximum absolute atomic E-state index is 10.8. The molecule has 1 aliphatic rings. The van der Waals surface area contributed by atoms with Gasteiger partial charge in [-0.2, -0.15) is 5.10 Å². The van der Waals surface area contributed by atoms with E-state index in [0.717, 1.165) is 23.1 Å². The number of nitrogens with zero attached hydrogens (tertiary/aromatic N) is 2. The van der Waals surface area contributed by atoms with Crippen LogP contribution < -0.4 is 0 Å². The molecule has 4 nitrogen and oxygen atoms in total. The molecule has 1 saturated heterocycles. The van der Waals surface area contributed by atoms with E-state index >= 15 is 0 Å². The van der Waals surface area contributed by atoms with Gasteiger partial charge in [0.15, 0.2) is 0 Å². The Bertz CT molecular complexity index is 394. The number of aliphatic hydroxyl groups is 1. The van der Waals surface area contributed by atoms with Crippen molar-refractivity contribution >= 4 is 15.9 Å². The molecule has 0 spiro atoms. The van der Waals surface area contributed by atoms with Gasteiger partial charge in [-0.05, 0) is 29.3 Å². The molecule has 2 rings (SSSR count). The third-order valence-electron chi connectivity index (χ3n) is 3.21. The molecule has 17 heavy (non-hydrogen) atoms. The molecule has 1 N–H and O–H groups in total. The summed E-state index contributed by atoms with van der Waals surface area (Å²) in [5.41, 5.74) is 0.0804. The van der Waals surface area contributed by atoms with E-state index in [4.69, 9.17) is 4.74 Å².